The van der Waals surface area contributed by atoms with Gasteiger partial charge in [0, 0.05) is 11.4 Å². The highest BCUT2D eigenvalue weighted by Gasteiger charge is 2.16. The second-order valence-corrected chi connectivity index (χ2v) is 9.59. The molecule has 3 aromatic rings. The van der Waals surface area contributed by atoms with Gasteiger partial charge >= 0.3 is 5.97 Å². The van der Waals surface area contributed by atoms with Gasteiger partial charge in [0.15, 0.2) is 18.1 Å². The fraction of sp³-hybridized carbons (Fsp3) is 0.143. The molecule has 0 fully saturated rings. The lowest BCUT2D eigenvalue weighted by Gasteiger charge is -2.15. The molecule has 0 radical (unpaired) electrons. The summed E-state index contributed by atoms with van der Waals surface area (Å²) < 4.78 is 16.5. The van der Waals surface area contributed by atoms with E-state index in [9.17, 15) is 19.6 Å². The summed E-state index contributed by atoms with van der Waals surface area (Å²) in [6.45, 7) is 1.73. The average Bonchev–Trinajstić information content (AvgIpc) is 2.93. The molecule has 12 heteroatoms. The minimum absolute atomic E-state index is 0.180. The zero-order valence-electron chi connectivity index (χ0n) is 21.2. The Morgan fingerprint density at radius 1 is 0.975 bits per heavy atom. The van der Waals surface area contributed by atoms with Crippen molar-refractivity contribution in [2.24, 2.45) is 0 Å². The summed E-state index contributed by atoms with van der Waals surface area (Å²) >= 11 is 15.3. The van der Waals surface area contributed by atoms with Gasteiger partial charge in [-0.2, -0.15) is 5.26 Å². The summed E-state index contributed by atoms with van der Waals surface area (Å²) in [6.07, 6.45) is 1.38. The topological polar surface area (TPSA) is 127 Å². The van der Waals surface area contributed by atoms with Crippen molar-refractivity contribution in [2.45, 2.75) is 6.92 Å². The average molecular weight is 647 g/mol. The summed E-state index contributed by atoms with van der Waals surface area (Å²) in [5, 5.41) is 15.5. The number of nitrogens with one attached hydrogen (secondary N) is 2. The van der Waals surface area contributed by atoms with Crippen LogP contribution in [0.25, 0.3) is 6.08 Å². The van der Waals surface area contributed by atoms with Gasteiger partial charge in [0.1, 0.15) is 11.6 Å². The number of nitrogens with zero attached hydrogens (tertiary/aromatic N) is 1. The van der Waals surface area contributed by atoms with E-state index in [1.54, 1.807) is 31.2 Å². The number of methoxy groups -OCH3 is 1. The highest BCUT2D eigenvalue weighted by atomic mass is 79.9. The third-order valence-electron chi connectivity index (χ3n) is 5.12. The molecule has 9 nitrogen and oxygen atoms in total. The first-order valence-electron chi connectivity index (χ1n) is 11.6. The van der Waals surface area contributed by atoms with Crippen LogP contribution < -0.4 is 20.1 Å². The molecular formula is C28H22BrCl2N3O6. The minimum atomic E-state index is -0.651. The molecule has 0 saturated heterocycles. The van der Waals surface area contributed by atoms with E-state index in [0.29, 0.717) is 49.4 Å². The third-order valence-corrected chi connectivity index (χ3v) is 6.45. The maximum absolute atomic E-state index is 12.7. The molecule has 0 aliphatic heterocycles. The van der Waals surface area contributed by atoms with E-state index in [-0.39, 0.29) is 17.9 Å². The van der Waals surface area contributed by atoms with E-state index in [2.05, 4.69) is 31.3 Å². The number of hydrogen-bond donors (Lipinski definition) is 2. The largest absolute Gasteiger partial charge is 0.490 e. The van der Waals surface area contributed by atoms with Gasteiger partial charge in [-0.25, -0.2) is 4.79 Å². The van der Waals surface area contributed by atoms with Crippen molar-refractivity contribution in [2.75, 3.05) is 31.0 Å². The number of carbonyl (C=O) groups excluding carboxylic acids is 3. The number of anilines is 2. The van der Waals surface area contributed by atoms with Crippen LogP contribution in [-0.4, -0.2) is 38.1 Å². The Bertz CT molecular complexity index is 1500. The highest BCUT2D eigenvalue weighted by molar-refractivity contribution is 9.10. The molecule has 0 atom stereocenters. The SMILES string of the molecule is CCOc1cc(/C=C(/C#N)C(=O)Nc2ccc(C(=O)OC)cc2)cc(Br)c1OCC(=O)Nc1ccc(Cl)c(Cl)c1. The standard InChI is InChI=1S/C28H22BrCl2N3O6/c1-3-39-24-12-16(10-18(14-32)27(36)34-19-6-4-17(5-7-19)28(37)38-2)11-21(29)26(24)40-15-25(35)33-20-8-9-22(30)23(31)13-20/h4-13H,3,15H2,1-2H3,(H,33,35)(H,34,36)/b18-10-. The molecular weight excluding hydrogens is 625 g/mol. The lowest BCUT2D eigenvalue weighted by Crippen LogP contribution is -2.20. The Morgan fingerprint density at radius 3 is 2.30 bits per heavy atom. The molecule has 3 aromatic carbocycles. The molecule has 0 heterocycles. The number of rotatable bonds is 10. The Morgan fingerprint density at radius 2 is 1.68 bits per heavy atom. The normalized spacial score (nSPS) is 10.8. The van der Waals surface area contributed by atoms with E-state index in [4.69, 9.17) is 32.7 Å². The van der Waals surface area contributed by atoms with Crippen molar-refractivity contribution >= 4 is 74.4 Å². The molecule has 0 bridgehead atoms. The van der Waals surface area contributed by atoms with E-state index >= 15 is 0 Å². The number of hydrogen-bond acceptors (Lipinski definition) is 7. The lowest BCUT2D eigenvalue weighted by atomic mass is 10.1. The molecule has 0 aliphatic carbocycles. The van der Waals surface area contributed by atoms with Gasteiger partial charge in [-0.05, 0) is 89.1 Å². The Labute approximate surface area is 248 Å². The quantitative estimate of drug-likeness (QED) is 0.146. The third kappa shape index (κ3) is 8.23. The second-order valence-electron chi connectivity index (χ2n) is 7.92. The Hall–Kier alpha value is -4.04. The molecule has 2 N–H and O–H groups in total. The number of esters is 1. The number of ether oxygens (including phenoxy) is 3. The number of amides is 2. The molecule has 0 aliphatic rings. The lowest BCUT2D eigenvalue weighted by molar-refractivity contribution is -0.118. The number of nitriles is 1. The van der Waals surface area contributed by atoms with Gasteiger partial charge < -0.3 is 24.8 Å². The smallest absolute Gasteiger partial charge is 0.337 e. The maximum Gasteiger partial charge on any atom is 0.337 e. The van der Waals surface area contributed by atoms with E-state index in [1.165, 1.54) is 43.5 Å². The predicted molar refractivity (Wildman–Crippen MR) is 156 cm³/mol. The summed E-state index contributed by atoms with van der Waals surface area (Å²) in [4.78, 5) is 36.7. The van der Waals surface area contributed by atoms with Crippen LogP contribution in [0.1, 0.15) is 22.8 Å². The van der Waals surface area contributed by atoms with Crippen molar-refractivity contribution in [3.63, 3.8) is 0 Å². The summed E-state index contributed by atoms with van der Waals surface area (Å²) in [6, 6.07) is 15.8. The van der Waals surface area contributed by atoms with Crippen LogP contribution in [0.4, 0.5) is 11.4 Å². The molecule has 206 valence electrons. The monoisotopic (exact) mass is 645 g/mol. The number of benzene rings is 3. The summed E-state index contributed by atoms with van der Waals surface area (Å²) in [5.74, 6) is -1.05. The van der Waals surface area contributed by atoms with Crippen molar-refractivity contribution in [1.82, 2.24) is 0 Å². The van der Waals surface area contributed by atoms with Crippen LogP contribution in [0.5, 0.6) is 11.5 Å². The number of carbonyl (C=O) groups is 3. The van der Waals surface area contributed by atoms with Gasteiger partial charge in [0.05, 0.1) is 33.8 Å². The van der Waals surface area contributed by atoms with Crippen LogP contribution in [0.2, 0.25) is 10.0 Å². The van der Waals surface area contributed by atoms with Crippen LogP contribution >= 0.6 is 39.1 Å². The minimum Gasteiger partial charge on any atom is -0.490 e. The maximum atomic E-state index is 12.7. The highest BCUT2D eigenvalue weighted by Crippen LogP contribution is 2.37. The summed E-state index contributed by atoms with van der Waals surface area (Å²) in [7, 11) is 1.27. The number of halogens is 3. The fourth-order valence-electron chi connectivity index (χ4n) is 3.30. The van der Waals surface area contributed by atoms with E-state index in [0.717, 1.165) is 0 Å². The van der Waals surface area contributed by atoms with Crippen LogP contribution in [0, 0.1) is 11.3 Å². The first kappa shape index (κ1) is 30.5. The zero-order valence-corrected chi connectivity index (χ0v) is 24.3. The Balaban J connectivity index is 1.75. The van der Waals surface area contributed by atoms with Gasteiger partial charge in [-0.1, -0.05) is 23.2 Å². The molecule has 3 rings (SSSR count). The van der Waals surface area contributed by atoms with Crippen molar-refractivity contribution in [1.29, 1.82) is 5.26 Å². The fourth-order valence-corrected chi connectivity index (χ4v) is 4.18. The van der Waals surface area contributed by atoms with E-state index < -0.39 is 17.8 Å². The summed E-state index contributed by atoms with van der Waals surface area (Å²) in [5.41, 5.74) is 1.45. The van der Waals surface area contributed by atoms with Gasteiger partial charge in [-0.15, -0.1) is 0 Å². The first-order chi connectivity index (χ1) is 19.1. The molecule has 0 saturated carbocycles. The van der Waals surface area contributed by atoms with Crippen LogP contribution in [0.3, 0.4) is 0 Å². The molecule has 2 amide bonds. The van der Waals surface area contributed by atoms with Crippen molar-refractivity contribution < 1.29 is 28.6 Å². The molecule has 40 heavy (non-hydrogen) atoms. The second kappa shape index (κ2) is 14.4. The van der Waals surface area contributed by atoms with Crippen LogP contribution in [0.15, 0.2) is 64.6 Å². The van der Waals surface area contributed by atoms with Gasteiger partial charge in [-0.3, -0.25) is 9.59 Å². The predicted octanol–water partition coefficient (Wildman–Crippen LogP) is 6.50. The van der Waals surface area contributed by atoms with Crippen molar-refractivity contribution in [3.8, 4) is 17.6 Å². The van der Waals surface area contributed by atoms with E-state index in [1.807, 2.05) is 6.07 Å². The van der Waals surface area contributed by atoms with Crippen LogP contribution in [-0.2, 0) is 14.3 Å². The molecule has 0 spiro atoms. The molecule has 0 aromatic heterocycles. The zero-order chi connectivity index (χ0) is 29.2. The molecule has 0 unspecified atom stereocenters. The van der Waals surface area contributed by atoms with Gasteiger partial charge in [0.2, 0.25) is 0 Å². The van der Waals surface area contributed by atoms with Crippen molar-refractivity contribution in [3.05, 3.63) is 85.8 Å². The first-order valence-corrected chi connectivity index (χ1v) is 13.2. The Kier molecular flexibility index (Phi) is 11.0. The van der Waals surface area contributed by atoms with Gasteiger partial charge in [0.25, 0.3) is 11.8 Å².